The minimum atomic E-state index is 0.680. The fourth-order valence-electron chi connectivity index (χ4n) is 5.56. The van der Waals surface area contributed by atoms with E-state index in [9.17, 15) is 0 Å². The molecule has 1 saturated carbocycles. The minimum absolute atomic E-state index is 0.680. The molecule has 1 aliphatic carbocycles. The fraction of sp³-hybridized carbons (Fsp3) is 0.438. The van der Waals surface area contributed by atoms with Crippen molar-refractivity contribution in [3.05, 3.63) is 107 Å². The Morgan fingerprint density at radius 3 is 1.75 bits per heavy atom. The van der Waals surface area contributed by atoms with Crippen molar-refractivity contribution in [3.8, 4) is 0 Å². The Kier molecular flexibility index (Phi) is 8.21. The van der Waals surface area contributed by atoms with Gasteiger partial charge in [-0.2, -0.15) is 0 Å². The fourth-order valence-corrected chi connectivity index (χ4v) is 5.56. The molecule has 0 N–H and O–H groups in total. The van der Waals surface area contributed by atoms with Crippen LogP contribution in [0.3, 0.4) is 0 Å². The summed E-state index contributed by atoms with van der Waals surface area (Å²) in [7, 11) is 0. The van der Waals surface area contributed by atoms with Gasteiger partial charge in [-0.25, -0.2) is 0 Å². The summed E-state index contributed by atoms with van der Waals surface area (Å²) in [4.78, 5) is 0. The molecule has 0 saturated heterocycles. The van der Waals surface area contributed by atoms with E-state index in [1.165, 1.54) is 67.2 Å². The van der Waals surface area contributed by atoms with E-state index in [1.54, 1.807) is 5.56 Å². The van der Waals surface area contributed by atoms with Crippen LogP contribution in [0.1, 0.15) is 92.0 Å². The lowest BCUT2D eigenvalue weighted by Gasteiger charge is -2.30. The molecule has 168 valence electrons. The number of hydrogen-bond donors (Lipinski definition) is 0. The van der Waals surface area contributed by atoms with Gasteiger partial charge in [0.15, 0.2) is 0 Å². The topological polar surface area (TPSA) is 0 Å². The van der Waals surface area contributed by atoms with Crippen molar-refractivity contribution in [2.45, 2.75) is 83.5 Å². The van der Waals surface area contributed by atoms with Crippen LogP contribution in [0.2, 0.25) is 0 Å². The predicted molar refractivity (Wildman–Crippen MR) is 138 cm³/mol. The summed E-state index contributed by atoms with van der Waals surface area (Å²) in [6, 6.07) is 29.9. The minimum Gasteiger partial charge on any atom is -0.0651 e. The molecule has 0 heteroatoms. The summed E-state index contributed by atoms with van der Waals surface area (Å²) in [5.74, 6) is 2.34. The second-order valence-electron chi connectivity index (χ2n) is 10.1. The van der Waals surface area contributed by atoms with Gasteiger partial charge in [-0.05, 0) is 96.9 Å². The Bertz CT molecular complexity index is 912. The summed E-state index contributed by atoms with van der Waals surface area (Å²) < 4.78 is 0. The Labute approximate surface area is 196 Å². The van der Waals surface area contributed by atoms with Crippen molar-refractivity contribution < 1.29 is 0 Å². The molecule has 0 aliphatic heterocycles. The molecule has 0 spiro atoms. The molecular formula is C32H40. The second-order valence-corrected chi connectivity index (χ2v) is 10.1. The van der Waals surface area contributed by atoms with E-state index >= 15 is 0 Å². The highest BCUT2D eigenvalue weighted by atomic mass is 14.3. The first-order valence-electron chi connectivity index (χ1n) is 12.9. The van der Waals surface area contributed by atoms with Crippen LogP contribution in [0.5, 0.6) is 0 Å². The number of rotatable bonds is 9. The average molecular weight is 425 g/mol. The van der Waals surface area contributed by atoms with Crippen LogP contribution < -0.4 is 0 Å². The first kappa shape index (κ1) is 22.8. The van der Waals surface area contributed by atoms with E-state index in [0.29, 0.717) is 5.92 Å². The molecule has 0 nitrogen and oxygen atoms in total. The van der Waals surface area contributed by atoms with Crippen LogP contribution in [0.15, 0.2) is 78.9 Å². The zero-order chi connectivity index (χ0) is 22.2. The van der Waals surface area contributed by atoms with Crippen LogP contribution in [-0.4, -0.2) is 0 Å². The number of aryl methyl sites for hydroxylation is 3. The largest absolute Gasteiger partial charge is 0.0651 e. The standard InChI is InChI=1S/C32H40/c1-3-7-26-10-12-27(13-11-26)14-15-28-16-20-31(21-17-28)32-22-18-29(19-23-32)24-25(2)30-8-5-4-6-9-30/h4-6,8-13,16-17,20-21,25,29,32H,3,7,14-15,18-19,22-24H2,1-2H3. The van der Waals surface area contributed by atoms with Crippen molar-refractivity contribution in [3.63, 3.8) is 0 Å². The van der Waals surface area contributed by atoms with Crippen LogP contribution in [0.25, 0.3) is 0 Å². The van der Waals surface area contributed by atoms with Gasteiger partial charge in [-0.1, -0.05) is 99.1 Å². The maximum absolute atomic E-state index is 2.41. The Hall–Kier alpha value is -2.34. The second kappa shape index (κ2) is 11.5. The summed E-state index contributed by atoms with van der Waals surface area (Å²) in [6.45, 7) is 4.65. The summed E-state index contributed by atoms with van der Waals surface area (Å²) in [5.41, 5.74) is 7.45. The van der Waals surface area contributed by atoms with Gasteiger partial charge in [0, 0.05) is 0 Å². The molecule has 0 radical (unpaired) electrons. The highest BCUT2D eigenvalue weighted by Crippen LogP contribution is 2.39. The van der Waals surface area contributed by atoms with E-state index < -0.39 is 0 Å². The van der Waals surface area contributed by atoms with Crippen molar-refractivity contribution in [2.24, 2.45) is 5.92 Å². The molecule has 0 heterocycles. The van der Waals surface area contributed by atoms with Gasteiger partial charge < -0.3 is 0 Å². The Morgan fingerprint density at radius 1 is 0.656 bits per heavy atom. The van der Waals surface area contributed by atoms with Crippen LogP contribution in [-0.2, 0) is 19.3 Å². The SMILES string of the molecule is CCCc1ccc(CCc2ccc(C3CCC(CC(C)c4ccccc4)CC3)cc2)cc1. The van der Waals surface area contributed by atoms with E-state index in [1.807, 2.05) is 0 Å². The van der Waals surface area contributed by atoms with Crippen molar-refractivity contribution in [1.82, 2.24) is 0 Å². The quantitative estimate of drug-likeness (QED) is 0.322. The van der Waals surface area contributed by atoms with Crippen molar-refractivity contribution in [1.29, 1.82) is 0 Å². The Morgan fingerprint density at radius 2 is 1.19 bits per heavy atom. The lowest BCUT2D eigenvalue weighted by Crippen LogP contribution is -2.15. The molecule has 32 heavy (non-hydrogen) atoms. The van der Waals surface area contributed by atoms with E-state index in [4.69, 9.17) is 0 Å². The monoisotopic (exact) mass is 424 g/mol. The maximum Gasteiger partial charge on any atom is -0.0162 e. The third-order valence-electron chi connectivity index (χ3n) is 7.62. The molecule has 3 aromatic rings. The summed E-state index contributed by atoms with van der Waals surface area (Å²) >= 11 is 0. The van der Waals surface area contributed by atoms with Crippen molar-refractivity contribution >= 4 is 0 Å². The highest BCUT2D eigenvalue weighted by molar-refractivity contribution is 5.28. The maximum atomic E-state index is 2.41. The molecule has 0 aromatic heterocycles. The third kappa shape index (κ3) is 6.35. The predicted octanol–water partition coefficient (Wildman–Crippen LogP) is 8.89. The summed E-state index contributed by atoms with van der Waals surface area (Å²) in [5, 5.41) is 0. The van der Waals surface area contributed by atoms with Gasteiger partial charge in [0.2, 0.25) is 0 Å². The molecule has 1 fully saturated rings. The number of hydrogen-bond acceptors (Lipinski definition) is 0. The molecule has 3 aromatic carbocycles. The molecule has 1 unspecified atom stereocenters. The Balaban J connectivity index is 1.23. The van der Waals surface area contributed by atoms with E-state index in [2.05, 4.69) is 92.7 Å². The first-order chi connectivity index (χ1) is 15.7. The van der Waals surface area contributed by atoms with Crippen LogP contribution >= 0.6 is 0 Å². The van der Waals surface area contributed by atoms with E-state index in [0.717, 1.165) is 24.7 Å². The van der Waals surface area contributed by atoms with Gasteiger partial charge in [-0.3, -0.25) is 0 Å². The van der Waals surface area contributed by atoms with Crippen LogP contribution in [0.4, 0.5) is 0 Å². The third-order valence-corrected chi connectivity index (χ3v) is 7.62. The van der Waals surface area contributed by atoms with Gasteiger partial charge >= 0.3 is 0 Å². The van der Waals surface area contributed by atoms with Gasteiger partial charge in [0.1, 0.15) is 0 Å². The van der Waals surface area contributed by atoms with E-state index in [-0.39, 0.29) is 0 Å². The molecule has 1 aliphatic rings. The normalized spacial score (nSPS) is 19.6. The lowest BCUT2D eigenvalue weighted by atomic mass is 9.75. The first-order valence-corrected chi connectivity index (χ1v) is 12.9. The van der Waals surface area contributed by atoms with Gasteiger partial charge in [0.05, 0.1) is 0 Å². The smallest absolute Gasteiger partial charge is 0.0162 e. The molecular weight excluding hydrogens is 384 g/mol. The zero-order valence-electron chi connectivity index (χ0n) is 20.1. The average Bonchev–Trinajstić information content (AvgIpc) is 2.85. The highest BCUT2D eigenvalue weighted by Gasteiger charge is 2.24. The summed E-state index contributed by atoms with van der Waals surface area (Å²) in [6.07, 6.45) is 11.5. The lowest BCUT2D eigenvalue weighted by molar-refractivity contribution is 0.297. The van der Waals surface area contributed by atoms with Gasteiger partial charge in [-0.15, -0.1) is 0 Å². The molecule has 0 amide bonds. The van der Waals surface area contributed by atoms with Crippen molar-refractivity contribution in [2.75, 3.05) is 0 Å². The number of benzene rings is 3. The molecule has 4 rings (SSSR count). The molecule has 0 bridgehead atoms. The molecule has 1 atom stereocenters. The zero-order valence-corrected chi connectivity index (χ0v) is 20.1. The van der Waals surface area contributed by atoms with Gasteiger partial charge in [0.25, 0.3) is 0 Å². The van der Waals surface area contributed by atoms with Crippen LogP contribution in [0, 0.1) is 5.92 Å².